The average molecular weight is 291 g/mol. The lowest BCUT2D eigenvalue weighted by Gasteiger charge is -2.14. The second kappa shape index (κ2) is 7.78. The number of rotatable bonds is 6. The molecule has 0 fully saturated rings. The van der Waals surface area contributed by atoms with Crippen molar-refractivity contribution in [3.63, 3.8) is 0 Å². The number of hydrogen-bond acceptors (Lipinski definition) is 4. The van der Waals surface area contributed by atoms with Gasteiger partial charge in [-0.1, -0.05) is 0 Å². The zero-order chi connectivity index (χ0) is 15.8. The Morgan fingerprint density at radius 3 is 2.76 bits per heavy atom. The number of carboxylic acids is 1. The van der Waals surface area contributed by atoms with E-state index in [1.807, 2.05) is 0 Å². The van der Waals surface area contributed by atoms with Crippen LogP contribution in [0.1, 0.15) is 29.8 Å². The Balaban J connectivity index is 2.87. The molecule has 0 bridgehead atoms. The number of nitrogens with one attached hydrogen (secondary N) is 2. The van der Waals surface area contributed by atoms with Gasteiger partial charge in [-0.05, 0) is 26.0 Å². The van der Waals surface area contributed by atoms with Crippen molar-refractivity contribution in [1.29, 1.82) is 0 Å². The molecule has 1 atom stereocenters. The molecule has 112 valence electrons. The molecule has 0 saturated heterocycles. The molecule has 1 unspecified atom stereocenters. The van der Waals surface area contributed by atoms with Crippen molar-refractivity contribution in [3.8, 4) is 0 Å². The first-order valence-corrected chi connectivity index (χ1v) is 6.39. The van der Waals surface area contributed by atoms with E-state index in [0.29, 0.717) is 12.1 Å². The SMILES string of the molecule is CCNC(=O)C(C)NC(=O)c1ccncc1C=CC(=O)O. The molecule has 7 nitrogen and oxygen atoms in total. The molecule has 2 amide bonds. The van der Waals surface area contributed by atoms with Gasteiger partial charge in [-0.3, -0.25) is 14.6 Å². The Morgan fingerprint density at radius 1 is 1.43 bits per heavy atom. The van der Waals surface area contributed by atoms with E-state index in [2.05, 4.69) is 15.6 Å². The van der Waals surface area contributed by atoms with Gasteiger partial charge in [0.2, 0.25) is 5.91 Å². The van der Waals surface area contributed by atoms with Gasteiger partial charge in [0, 0.05) is 36.1 Å². The van der Waals surface area contributed by atoms with Crippen molar-refractivity contribution in [1.82, 2.24) is 15.6 Å². The molecule has 0 aliphatic rings. The molecule has 21 heavy (non-hydrogen) atoms. The lowest BCUT2D eigenvalue weighted by atomic mass is 10.1. The van der Waals surface area contributed by atoms with Crippen LogP contribution in [0.5, 0.6) is 0 Å². The number of likely N-dealkylation sites (N-methyl/N-ethyl adjacent to an activating group) is 1. The van der Waals surface area contributed by atoms with E-state index in [4.69, 9.17) is 5.11 Å². The summed E-state index contributed by atoms with van der Waals surface area (Å²) in [5.74, 6) is -1.88. The molecule has 1 aromatic heterocycles. The zero-order valence-electron chi connectivity index (χ0n) is 11.8. The molecule has 7 heteroatoms. The minimum atomic E-state index is -1.12. The van der Waals surface area contributed by atoms with E-state index in [1.54, 1.807) is 13.8 Å². The Bertz CT molecular complexity index is 569. The summed E-state index contributed by atoms with van der Waals surface area (Å²) < 4.78 is 0. The van der Waals surface area contributed by atoms with Crippen LogP contribution in [0.2, 0.25) is 0 Å². The van der Waals surface area contributed by atoms with Crippen molar-refractivity contribution in [2.24, 2.45) is 0 Å². The molecule has 0 aliphatic carbocycles. The summed E-state index contributed by atoms with van der Waals surface area (Å²) in [4.78, 5) is 38.1. The number of nitrogens with zero attached hydrogens (tertiary/aromatic N) is 1. The molecule has 0 spiro atoms. The summed E-state index contributed by atoms with van der Waals surface area (Å²) in [6.07, 6.45) is 5.00. The van der Waals surface area contributed by atoms with Crippen LogP contribution in [0.25, 0.3) is 6.08 Å². The lowest BCUT2D eigenvalue weighted by Crippen LogP contribution is -2.44. The van der Waals surface area contributed by atoms with E-state index in [9.17, 15) is 14.4 Å². The highest BCUT2D eigenvalue weighted by Crippen LogP contribution is 2.09. The van der Waals surface area contributed by atoms with Gasteiger partial charge < -0.3 is 15.7 Å². The van der Waals surface area contributed by atoms with E-state index < -0.39 is 17.9 Å². The largest absolute Gasteiger partial charge is 0.478 e. The number of aromatic nitrogens is 1. The van der Waals surface area contributed by atoms with Gasteiger partial charge in [0.15, 0.2) is 0 Å². The number of hydrogen-bond donors (Lipinski definition) is 3. The maximum absolute atomic E-state index is 12.1. The molecule has 1 heterocycles. The molecular weight excluding hydrogens is 274 g/mol. The Hall–Kier alpha value is -2.70. The highest BCUT2D eigenvalue weighted by molar-refractivity contribution is 6.00. The first-order valence-electron chi connectivity index (χ1n) is 6.39. The smallest absolute Gasteiger partial charge is 0.328 e. The molecular formula is C14H17N3O4. The third-order valence-corrected chi connectivity index (χ3v) is 2.59. The summed E-state index contributed by atoms with van der Waals surface area (Å²) in [5, 5.41) is 13.8. The van der Waals surface area contributed by atoms with E-state index >= 15 is 0 Å². The van der Waals surface area contributed by atoms with Gasteiger partial charge in [0.1, 0.15) is 6.04 Å². The molecule has 0 aliphatic heterocycles. The van der Waals surface area contributed by atoms with E-state index in [1.165, 1.54) is 24.5 Å². The summed E-state index contributed by atoms with van der Waals surface area (Å²) in [5.41, 5.74) is 0.610. The zero-order valence-corrected chi connectivity index (χ0v) is 11.8. The quantitative estimate of drug-likeness (QED) is 0.659. The Kier molecular flexibility index (Phi) is 6.06. The number of carbonyl (C=O) groups is 3. The number of carboxylic acid groups (broad SMARTS) is 1. The highest BCUT2D eigenvalue weighted by atomic mass is 16.4. The second-order valence-corrected chi connectivity index (χ2v) is 4.22. The van der Waals surface area contributed by atoms with Crippen LogP contribution in [0.3, 0.4) is 0 Å². The maximum atomic E-state index is 12.1. The predicted octanol–water partition coefficient (Wildman–Crippen LogP) is 0.434. The monoisotopic (exact) mass is 291 g/mol. The first kappa shape index (κ1) is 16.4. The van der Waals surface area contributed by atoms with Crippen LogP contribution in [-0.4, -0.2) is 40.5 Å². The third-order valence-electron chi connectivity index (χ3n) is 2.59. The fourth-order valence-corrected chi connectivity index (χ4v) is 1.57. The highest BCUT2D eigenvalue weighted by Gasteiger charge is 2.17. The van der Waals surface area contributed by atoms with Gasteiger partial charge in [-0.15, -0.1) is 0 Å². The number of amides is 2. The van der Waals surface area contributed by atoms with Crippen LogP contribution in [0.15, 0.2) is 24.5 Å². The van der Waals surface area contributed by atoms with Crippen LogP contribution < -0.4 is 10.6 Å². The van der Waals surface area contributed by atoms with Crippen molar-refractivity contribution in [2.45, 2.75) is 19.9 Å². The van der Waals surface area contributed by atoms with Gasteiger partial charge in [-0.25, -0.2) is 4.79 Å². The molecule has 0 saturated carbocycles. The van der Waals surface area contributed by atoms with Crippen molar-refractivity contribution >= 4 is 23.9 Å². The molecule has 0 aromatic carbocycles. The lowest BCUT2D eigenvalue weighted by molar-refractivity contribution is -0.131. The Labute approximate surface area is 122 Å². The minimum absolute atomic E-state index is 0.249. The van der Waals surface area contributed by atoms with Gasteiger partial charge in [-0.2, -0.15) is 0 Å². The average Bonchev–Trinajstić information content (AvgIpc) is 2.45. The Morgan fingerprint density at radius 2 is 2.14 bits per heavy atom. The molecule has 3 N–H and O–H groups in total. The predicted molar refractivity (Wildman–Crippen MR) is 76.5 cm³/mol. The summed E-state index contributed by atoms with van der Waals surface area (Å²) in [6.45, 7) is 3.82. The molecule has 1 aromatic rings. The third kappa shape index (κ3) is 5.06. The van der Waals surface area contributed by atoms with E-state index in [-0.39, 0.29) is 11.5 Å². The van der Waals surface area contributed by atoms with Gasteiger partial charge in [0.05, 0.1) is 0 Å². The van der Waals surface area contributed by atoms with Crippen molar-refractivity contribution < 1.29 is 19.5 Å². The summed E-state index contributed by atoms with van der Waals surface area (Å²) in [7, 11) is 0. The topological polar surface area (TPSA) is 108 Å². The number of carbonyl (C=O) groups excluding carboxylic acids is 2. The van der Waals surface area contributed by atoms with Crippen LogP contribution in [0.4, 0.5) is 0 Å². The fraction of sp³-hybridized carbons (Fsp3) is 0.286. The number of aliphatic carboxylic acids is 1. The van der Waals surface area contributed by atoms with Gasteiger partial charge in [0.25, 0.3) is 5.91 Å². The van der Waals surface area contributed by atoms with Crippen LogP contribution in [-0.2, 0) is 9.59 Å². The second-order valence-electron chi connectivity index (χ2n) is 4.22. The van der Waals surface area contributed by atoms with Gasteiger partial charge >= 0.3 is 5.97 Å². The van der Waals surface area contributed by atoms with Crippen LogP contribution in [0, 0.1) is 0 Å². The maximum Gasteiger partial charge on any atom is 0.328 e. The van der Waals surface area contributed by atoms with Crippen molar-refractivity contribution in [3.05, 3.63) is 35.7 Å². The molecule has 1 rings (SSSR count). The van der Waals surface area contributed by atoms with E-state index in [0.717, 1.165) is 6.08 Å². The first-order chi connectivity index (χ1) is 9.95. The summed E-state index contributed by atoms with van der Waals surface area (Å²) in [6, 6.07) is 0.767. The summed E-state index contributed by atoms with van der Waals surface area (Å²) >= 11 is 0. The minimum Gasteiger partial charge on any atom is -0.478 e. The fourth-order valence-electron chi connectivity index (χ4n) is 1.57. The number of pyridine rings is 1. The standard InChI is InChI=1S/C14H17N3O4/c1-3-16-13(20)9(2)17-14(21)11-6-7-15-8-10(11)4-5-12(18)19/h4-9H,3H2,1-2H3,(H,16,20)(H,17,21)(H,18,19). The van der Waals surface area contributed by atoms with Crippen LogP contribution >= 0.6 is 0 Å². The normalized spacial score (nSPS) is 11.9. The molecule has 0 radical (unpaired) electrons. The van der Waals surface area contributed by atoms with Crippen molar-refractivity contribution in [2.75, 3.05) is 6.54 Å².